The molecule has 49 heavy (non-hydrogen) atoms. The average molecular weight is 700 g/mol. The van der Waals surface area contributed by atoms with E-state index in [0.717, 1.165) is 60.5 Å². The molecule has 3 nitrogen and oxygen atoms in total. The van der Waals surface area contributed by atoms with E-state index in [1.165, 1.54) is 22.1 Å². The number of ether oxygens (including phenoxy) is 1. The van der Waals surface area contributed by atoms with Crippen LogP contribution in [0.3, 0.4) is 0 Å². The lowest BCUT2D eigenvalue weighted by molar-refractivity contribution is 0.483. The van der Waals surface area contributed by atoms with Crippen molar-refractivity contribution in [3.63, 3.8) is 0 Å². The average Bonchev–Trinajstić information content (AvgIpc) is 3.45. The van der Waals surface area contributed by atoms with Crippen LogP contribution in [0.15, 0.2) is 162 Å². The number of hydrogen-bond acceptors (Lipinski definition) is 2. The molecule has 0 spiro atoms. The topological polar surface area (TPSA) is 27.1 Å². The highest BCUT2D eigenvalue weighted by Crippen LogP contribution is 2.45. The summed E-state index contributed by atoms with van der Waals surface area (Å²) in [6.07, 6.45) is 1.91. The van der Waals surface area contributed by atoms with Crippen molar-refractivity contribution in [1.82, 2.24) is 9.55 Å². The summed E-state index contributed by atoms with van der Waals surface area (Å²) in [7, 11) is 0. The fourth-order valence-electron chi connectivity index (χ4n) is 6.74. The number of hydrogen-bond donors (Lipinski definition) is 0. The SMILES string of the molecule is CC(C)(C)c1ccnc(-n2c3ccccc3c3ccc(Oc4cc(Br)c(-c5ccccc5)c(-c5ccccc5-c5ccccc5)c4)cc32)c1. The molecule has 238 valence electrons. The Kier molecular flexibility index (Phi) is 7.89. The Balaban J connectivity index is 1.29. The molecule has 2 aromatic heterocycles. The Morgan fingerprint density at radius 1 is 0.551 bits per heavy atom. The predicted molar refractivity (Wildman–Crippen MR) is 208 cm³/mol. The molecule has 0 saturated carbocycles. The van der Waals surface area contributed by atoms with Crippen LogP contribution >= 0.6 is 15.9 Å². The molecule has 0 aliphatic carbocycles. The molecule has 0 radical (unpaired) electrons. The number of nitrogens with zero attached hydrogens (tertiary/aromatic N) is 2. The molecular weight excluding hydrogens is 664 g/mol. The van der Waals surface area contributed by atoms with E-state index in [1.54, 1.807) is 0 Å². The molecule has 0 unspecified atom stereocenters. The molecule has 0 N–H and O–H groups in total. The van der Waals surface area contributed by atoms with E-state index in [-0.39, 0.29) is 5.41 Å². The number of halogens is 1. The van der Waals surface area contributed by atoms with Gasteiger partial charge in [-0.3, -0.25) is 4.57 Å². The summed E-state index contributed by atoms with van der Waals surface area (Å²) in [6, 6.07) is 53.1. The fourth-order valence-corrected chi connectivity index (χ4v) is 7.41. The minimum absolute atomic E-state index is 0.000851. The van der Waals surface area contributed by atoms with Crippen LogP contribution in [0.25, 0.3) is 61.0 Å². The van der Waals surface area contributed by atoms with Gasteiger partial charge >= 0.3 is 0 Å². The van der Waals surface area contributed by atoms with Crippen molar-refractivity contribution in [1.29, 1.82) is 0 Å². The predicted octanol–water partition coefficient (Wildman–Crippen LogP) is 13.0. The van der Waals surface area contributed by atoms with Crippen molar-refractivity contribution in [2.24, 2.45) is 0 Å². The van der Waals surface area contributed by atoms with Crippen LogP contribution in [-0.4, -0.2) is 9.55 Å². The molecule has 0 bridgehead atoms. The second-order valence-electron chi connectivity index (χ2n) is 13.4. The lowest BCUT2D eigenvalue weighted by Gasteiger charge is -2.20. The third-order valence-corrected chi connectivity index (χ3v) is 9.78. The summed E-state index contributed by atoms with van der Waals surface area (Å²) in [5, 5.41) is 2.34. The lowest BCUT2D eigenvalue weighted by atomic mass is 9.88. The quantitative estimate of drug-likeness (QED) is 0.173. The second-order valence-corrected chi connectivity index (χ2v) is 14.2. The number of para-hydroxylation sites is 1. The van der Waals surface area contributed by atoms with Gasteiger partial charge in [0.05, 0.1) is 11.0 Å². The first-order valence-electron chi connectivity index (χ1n) is 16.6. The molecule has 0 saturated heterocycles. The maximum Gasteiger partial charge on any atom is 0.137 e. The first-order valence-corrected chi connectivity index (χ1v) is 17.4. The second kappa shape index (κ2) is 12.5. The maximum absolute atomic E-state index is 6.77. The first kappa shape index (κ1) is 30.9. The number of fused-ring (bicyclic) bond motifs is 3. The number of benzene rings is 6. The molecule has 0 aliphatic heterocycles. The molecule has 0 aliphatic rings. The van der Waals surface area contributed by atoms with Crippen molar-refractivity contribution in [2.45, 2.75) is 26.2 Å². The Morgan fingerprint density at radius 3 is 1.96 bits per heavy atom. The van der Waals surface area contributed by atoms with Crippen LogP contribution in [-0.2, 0) is 5.41 Å². The molecule has 4 heteroatoms. The zero-order valence-electron chi connectivity index (χ0n) is 27.7. The van der Waals surface area contributed by atoms with Gasteiger partial charge in [0, 0.05) is 33.1 Å². The fraction of sp³-hybridized carbons (Fsp3) is 0.0889. The first-order chi connectivity index (χ1) is 23.8. The molecule has 0 atom stereocenters. The molecule has 2 heterocycles. The molecule has 8 aromatic rings. The third kappa shape index (κ3) is 5.83. The Bertz CT molecular complexity index is 2460. The van der Waals surface area contributed by atoms with Crippen LogP contribution < -0.4 is 4.74 Å². The molecule has 0 amide bonds. The standard InChI is InChI=1S/C45H35BrN2O/c1-45(2,3)32-24-25-47-43(26-32)48-41-21-13-12-20-37(41)38-23-22-33(29-42(38)48)49-34-27-39(44(40(46)28-34)31-16-8-5-9-17-31)36-19-11-10-18-35(36)30-14-6-4-7-15-30/h4-29H,1-3H3. The van der Waals surface area contributed by atoms with Gasteiger partial charge in [-0.05, 0) is 97.2 Å². The normalized spacial score (nSPS) is 11.7. The lowest BCUT2D eigenvalue weighted by Crippen LogP contribution is -2.12. The van der Waals surface area contributed by atoms with Gasteiger partial charge in [-0.25, -0.2) is 4.98 Å². The van der Waals surface area contributed by atoms with Crippen LogP contribution in [0, 0.1) is 0 Å². The zero-order chi connectivity index (χ0) is 33.5. The van der Waals surface area contributed by atoms with Crippen LogP contribution in [0.1, 0.15) is 26.3 Å². The smallest absolute Gasteiger partial charge is 0.137 e. The van der Waals surface area contributed by atoms with E-state index < -0.39 is 0 Å². The van der Waals surface area contributed by atoms with E-state index in [9.17, 15) is 0 Å². The minimum atomic E-state index is 0.000851. The summed E-state index contributed by atoms with van der Waals surface area (Å²) in [4.78, 5) is 4.85. The van der Waals surface area contributed by atoms with Crippen LogP contribution in [0.4, 0.5) is 0 Å². The maximum atomic E-state index is 6.77. The largest absolute Gasteiger partial charge is 0.457 e. The van der Waals surface area contributed by atoms with E-state index in [0.29, 0.717) is 0 Å². The van der Waals surface area contributed by atoms with Gasteiger partial charge in [-0.15, -0.1) is 0 Å². The Hall–Kier alpha value is -5.45. The van der Waals surface area contributed by atoms with E-state index >= 15 is 0 Å². The van der Waals surface area contributed by atoms with Gasteiger partial charge in [0.2, 0.25) is 0 Å². The third-order valence-electron chi connectivity index (χ3n) is 9.15. The number of rotatable bonds is 6. The van der Waals surface area contributed by atoms with Crippen LogP contribution in [0.2, 0.25) is 0 Å². The van der Waals surface area contributed by atoms with Gasteiger partial charge in [-0.1, -0.05) is 124 Å². The highest BCUT2D eigenvalue weighted by molar-refractivity contribution is 9.10. The van der Waals surface area contributed by atoms with E-state index in [4.69, 9.17) is 9.72 Å². The summed E-state index contributed by atoms with van der Waals surface area (Å²) in [6.45, 7) is 6.70. The van der Waals surface area contributed by atoms with Crippen molar-refractivity contribution >= 4 is 37.7 Å². The summed E-state index contributed by atoms with van der Waals surface area (Å²) in [5.41, 5.74) is 10.2. The van der Waals surface area contributed by atoms with Gasteiger partial charge in [0.25, 0.3) is 0 Å². The van der Waals surface area contributed by atoms with Crippen LogP contribution in [0.5, 0.6) is 11.5 Å². The van der Waals surface area contributed by atoms with Crippen molar-refractivity contribution in [2.75, 3.05) is 0 Å². The van der Waals surface area contributed by atoms with E-state index in [2.05, 4.69) is 193 Å². The molecule has 8 rings (SSSR count). The summed E-state index contributed by atoms with van der Waals surface area (Å²) in [5.74, 6) is 2.40. The molecule has 6 aromatic carbocycles. The Morgan fingerprint density at radius 2 is 1.20 bits per heavy atom. The minimum Gasteiger partial charge on any atom is -0.457 e. The van der Waals surface area contributed by atoms with E-state index in [1.807, 2.05) is 6.20 Å². The van der Waals surface area contributed by atoms with Gasteiger partial charge < -0.3 is 4.74 Å². The zero-order valence-corrected chi connectivity index (χ0v) is 29.3. The van der Waals surface area contributed by atoms with Gasteiger partial charge in [-0.2, -0.15) is 0 Å². The summed E-state index contributed by atoms with van der Waals surface area (Å²) >= 11 is 3.96. The Labute approximate surface area is 295 Å². The number of pyridine rings is 1. The van der Waals surface area contributed by atoms with Gasteiger partial charge in [0.15, 0.2) is 0 Å². The number of aromatic nitrogens is 2. The molecular formula is C45H35BrN2O. The van der Waals surface area contributed by atoms with Crippen molar-refractivity contribution in [3.8, 4) is 50.7 Å². The van der Waals surface area contributed by atoms with Crippen molar-refractivity contribution in [3.05, 3.63) is 168 Å². The highest BCUT2D eigenvalue weighted by atomic mass is 79.9. The monoisotopic (exact) mass is 698 g/mol. The highest BCUT2D eigenvalue weighted by Gasteiger charge is 2.20. The summed E-state index contributed by atoms with van der Waals surface area (Å²) < 4.78 is 9.98. The molecule has 0 fully saturated rings. The van der Waals surface area contributed by atoms with Crippen molar-refractivity contribution < 1.29 is 4.74 Å². The van der Waals surface area contributed by atoms with Gasteiger partial charge in [0.1, 0.15) is 17.3 Å².